The summed E-state index contributed by atoms with van der Waals surface area (Å²) in [7, 11) is 0. The van der Waals surface area contributed by atoms with Crippen molar-refractivity contribution in [3.05, 3.63) is 30.3 Å². The Labute approximate surface area is 106 Å². The third kappa shape index (κ3) is 1.68. The first-order valence-corrected chi connectivity index (χ1v) is 5.35. The maximum atomic E-state index is 10.8. The van der Waals surface area contributed by atoms with Crippen LogP contribution in [0.3, 0.4) is 0 Å². The Balaban J connectivity index is 3.02. The Kier molecular flexibility index (Phi) is 2.81. The van der Waals surface area contributed by atoms with Gasteiger partial charge in [-0.15, -0.1) is 0 Å². The van der Waals surface area contributed by atoms with Gasteiger partial charge in [0.25, 0.3) is 0 Å². The second-order valence-corrected chi connectivity index (χ2v) is 4.09. The van der Waals surface area contributed by atoms with Gasteiger partial charge in [-0.05, 0) is 0 Å². The van der Waals surface area contributed by atoms with Gasteiger partial charge in [0.15, 0.2) is 11.0 Å². The van der Waals surface area contributed by atoms with E-state index in [2.05, 4.69) is 8.75 Å². The van der Waals surface area contributed by atoms with Crippen LogP contribution in [0.4, 0.5) is 11.4 Å². The van der Waals surface area contributed by atoms with E-state index in [9.17, 15) is 20.2 Å². The van der Waals surface area contributed by atoms with Crippen LogP contribution in [0.5, 0.6) is 0 Å². The minimum atomic E-state index is -0.804. The molecule has 0 atom stereocenters. The molecule has 0 spiro atoms. The summed E-state index contributed by atoms with van der Waals surface area (Å²) in [6.07, 6.45) is 0. The first kappa shape index (κ1) is 11.9. The van der Waals surface area contributed by atoms with E-state index in [-0.39, 0.29) is 11.0 Å². The zero-order chi connectivity index (χ0) is 12.7. The van der Waals surface area contributed by atoms with Crippen LogP contribution in [0.25, 0.3) is 11.0 Å². The third-order valence-electron chi connectivity index (χ3n) is 1.91. The molecule has 0 bridgehead atoms. The van der Waals surface area contributed by atoms with Crippen LogP contribution in [0.2, 0.25) is 10.0 Å². The van der Waals surface area contributed by atoms with Gasteiger partial charge in [0, 0.05) is 0 Å². The van der Waals surface area contributed by atoms with Gasteiger partial charge in [-0.3, -0.25) is 20.2 Å². The number of aromatic nitrogens is 2. The van der Waals surface area contributed by atoms with E-state index in [0.717, 1.165) is 0 Å². The SMILES string of the molecule is O=[N+]([O-])c1c(Cl)c(Cl)c([N+](=O)[O-])c2nsnc12. The molecule has 1 heterocycles. The van der Waals surface area contributed by atoms with Crippen molar-refractivity contribution in [1.82, 2.24) is 8.75 Å². The lowest BCUT2D eigenvalue weighted by molar-refractivity contribution is -0.386. The predicted molar refractivity (Wildman–Crippen MR) is 60.7 cm³/mol. The van der Waals surface area contributed by atoms with Gasteiger partial charge in [-0.2, -0.15) is 8.75 Å². The number of hydrogen-bond acceptors (Lipinski definition) is 7. The molecule has 0 aliphatic heterocycles. The molecular formula is C6Cl2N4O4S. The van der Waals surface area contributed by atoms with Gasteiger partial charge in [0.2, 0.25) is 0 Å². The van der Waals surface area contributed by atoms with Gasteiger partial charge < -0.3 is 0 Å². The quantitative estimate of drug-likeness (QED) is 0.622. The van der Waals surface area contributed by atoms with E-state index in [1.165, 1.54) is 0 Å². The number of hydrogen-bond donors (Lipinski definition) is 0. The van der Waals surface area contributed by atoms with Crippen LogP contribution in [-0.2, 0) is 0 Å². The smallest absolute Gasteiger partial charge is 0.258 e. The fourth-order valence-electron chi connectivity index (χ4n) is 1.25. The molecule has 0 aliphatic carbocycles. The van der Waals surface area contributed by atoms with Crippen molar-refractivity contribution < 1.29 is 9.85 Å². The van der Waals surface area contributed by atoms with Gasteiger partial charge in [-0.25, -0.2) is 0 Å². The zero-order valence-electron chi connectivity index (χ0n) is 7.59. The van der Waals surface area contributed by atoms with Crippen molar-refractivity contribution in [2.75, 3.05) is 0 Å². The number of fused-ring (bicyclic) bond motifs is 1. The zero-order valence-corrected chi connectivity index (χ0v) is 9.91. The van der Waals surface area contributed by atoms with Crippen LogP contribution in [-0.4, -0.2) is 18.6 Å². The summed E-state index contributed by atoms with van der Waals surface area (Å²) >= 11 is 11.9. The van der Waals surface area contributed by atoms with E-state index in [1.807, 2.05) is 0 Å². The van der Waals surface area contributed by atoms with Crippen molar-refractivity contribution >= 4 is 57.3 Å². The topological polar surface area (TPSA) is 112 Å². The Bertz CT molecular complexity index is 603. The lowest BCUT2D eigenvalue weighted by atomic mass is 10.2. The highest BCUT2D eigenvalue weighted by molar-refractivity contribution is 7.00. The molecule has 0 saturated heterocycles. The Morgan fingerprint density at radius 1 is 0.941 bits per heavy atom. The normalized spacial score (nSPS) is 10.7. The molecule has 2 aromatic rings. The van der Waals surface area contributed by atoms with E-state index >= 15 is 0 Å². The Hall–Kier alpha value is -1.58. The molecular weight excluding hydrogens is 295 g/mol. The molecule has 2 rings (SSSR count). The average molecular weight is 295 g/mol. The second-order valence-electron chi connectivity index (χ2n) is 2.80. The summed E-state index contributed by atoms with van der Waals surface area (Å²) < 4.78 is 7.25. The van der Waals surface area contributed by atoms with Crippen LogP contribution < -0.4 is 0 Å². The number of halogens is 2. The summed E-state index contributed by atoms with van der Waals surface area (Å²) in [6.45, 7) is 0. The minimum absolute atomic E-state index is 0.235. The highest BCUT2D eigenvalue weighted by Crippen LogP contribution is 2.44. The molecule has 1 aromatic heterocycles. The van der Waals surface area contributed by atoms with Crippen LogP contribution >= 0.6 is 34.9 Å². The number of benzene rings is 1. The van der Waals surface area contributed by atoms with Gasteiger partial charge >= 0.3 is 11.4 Å². The van der Waals surface area contributed by atoms with Crippen LogP contribution in [0.15, 0.2) is 0 Å². The first-order valence-electron chi connectivity index (χ1n) is 3.87. The highest BCUT2D eigenvalue weighted by atomic mass is 35.5. The van der Waals surface area contributed by atoms with Gasteiger partial charge in [-0.1, -0.05) is 23.2 Å². The number of nitro benzene ring substituents is 2. The summed E-state index contributed by atoms with van der Waals surface area (Å²) in [4.78, 5) is 20.0. The Morgan fingerprint density at radius 3 is 1.59 bits per heavy atom. The first-order chi connectivity index (χ1) is 7.95. The third-order valence-corrected chi connectivity index (χ3v) is 3.27. The minimum Gasteiger partial charge on any atom is -0.258 e. The highest BCUT2D eigenvalue weighted by Gasteiger charge is 2.33. The van der Waals surface area contributed by atoms with Crippen molar-refractivity contribution in [2.24, 2.45) is 0 Å². The van der Waals surface area contributed by atoms with Crippen molar-refractivity contribution in [2.45, 2.75) is 0 Å². The van der Waals surface area contributed by atoms with Crippen molar-refractivity contribution in [1.29, 1.82) is 0 Å². The predicted octanol–water partition coefficient (Wildman–Crippen LogP) is 2.81. The average Bonchev–Trinajstić information content (AvgIpc) is 2.66. The van der Waals surface area contributed by atoms with Crippen molar-refractivity contribution in [3.8, 4) is 0 Å². The van der Waals surface area contributed by atoms with E-state index in [1.54, 1.807) is 0 Å². The molecule has 0 aliphatic rings. The summed E-state index contributed by atoms with van der Waals surface area (Å²) in [5.41, 5.74) is -1.63. The molecule has 88 valence electrons. The standard InChI is InChI=1S/C6Cl2N4O4S/c7-1-2(8)6(12(15)16)4-3(9-17-10-4)5(1)11(13)14. The van der Waals surface area contributed by atoms with Crippen molar-refractivity contribution in [3.63, 3.8) is 0 Å². The molecule has 0 N–H and O–H groups in total. The molecule has 11 heteroatoms. The molecule has 0 amide bonds. The number of rotatable bonds is 2. The fraction of sp³-hybridized carbons (Fsp3) is 0. The molecule has 0 fully saturated rings. The van der Waals surface area contributed by atoms with Crippen LogP contribution in [0.1, 0.15) is 0 Å². The number of nitro groups is 2. The van der Waals surface area contributed by atoms with Gasteiger partial charge in [0.05, 0.1) is 21.6 Å². The molecule has 1 aromatic carbocycles. The molecule has 0 unspecified atom stereocenters. The largest absolute Gasteiger partial charge is 0.318 e. The van der Waals surface area contributed by atoms with E-state index < -0.39 is 31.3 Å². The maximum absolute atomic E-state index is 10.8. The molecule has 0 saturated carbocycles. The second kappa shape index (κ2) is 4.02. The lowest BCUT2D eigenvalue weighted by Gasteiger charge is -2.00. The van der Waals surface area contributed by atoms with E-state index in [4.69, 9.17) is 23.2 Å². The summed E-state index contributed by atoms with van der Waals surface area (Å²) in [6, 6.07) is 0. The maximum Gasteiger partial charge on any atom is 0.318 e. The summed E-state index contributed by atoms with van der Waals surface area (Å²) in [5, 5.41) is 20.6. The molecule has 17 heavy (non-hydrogen) atoms. The monoisotopic (exact) mass is 294 g/mol. The van der Waals surface area contributed by atoms with Crippen LogP contribution in [0, 0.1) is 20.2 Å². The summed E-state index contributed by atoms with van der Waals surface area (Å²) in [5.74, 6) is 0. The lowest BCUT2D eigenvalue weighted by Crippen LogP contribution is -1.97. The van der Waals surface area contributed by atoms with Gasteiger partial charge in [0.1, 0.15) is 10.0 Å². The number of nitrogens with zero attached hydrogens (tertiary/aromatic N) is 4. The molecule has 8 nitrogen and oxygen atoms in total. The molecule has 0 radical (unpaired) electrons. The Morgan fingerprint density at radius 2 is 1.29 bits per heavy atom. The van der Waals surface area contributed by atoms with E-state index in [0.29, 0.717) is 11.7 Å². The fourth-order valence-corrected chi connectivity index (χ4v) is 2.29.